The summed E-state index contributed by atoms with van der Waals surface area (Å²) in [5, 5.41) is 0. The van der Waals surface area contributed by atoms with Crippen LogP contribution in [0.3, 0.4) is 0 Å². The monoisotopic (exact) mass is 184 g/mol. The van der Waals surface area contributed by atoms with E-state index in [4.69, 9.17) is 6.42 Å². The lowest BCUT2D eigenvalue weighted by Gasteiger charge is -1.96. The maximum atomic E-state index is 10.7. The molecule has 2 rings (SSSR count). The molecule has 0 bridgehead atoms. The molecular formula is C11H8N2O. The molecule has 0 N–H and O–H groups in total. The molecule has 0 aliphatic rings. The van der Waals surface area contributed by atoms with E-state index < -0.39 is 0 Å². The second-order valence-electron chi connectivity index (χ2n) is 2.91. The van der Waals surface area contributed by atoms with Gasteiger partial charge in [-0.1, -0.05) is 5.92 Å². The van der Waals surface area contributed by atoms with Crippen LogP contribution in [0.1, 0.15) is 10.4 Å². The Morgan fingerprint density at radius 1 is 1.64 bits per heavy atom. The van der Waals surface area contributed by atoms with Gasteiger partial charge < -0.3 is 4.57 Å². The molecule has 0 atom stereocenters. The normalized spacial score (nSPS) is 9.93. The number of carbonyl (C=O) groups excluding carboxylic acids is 1. The van der Waals surface area contributed by atoms with Crippen LogP contribution in [-0.2, 0) is 6.54 Å². The summed E-state index contributed by atoms with van der Waals surface area (Å²) in [5.41, 5.74) is 2.18. The third-order valence-electron chi connectivity index (χ3n) is 2.05. The van der Waals surface area contributed by atoms with Gasteiger partial charge in [0.05, 0.1) is 23.1 Å². The number of rotatable bonds is 2. The average Bonchev–Trinajstić information content (AvgIpc) is 2.58. The van der Waals surface area contributed by atoms with Crippen molar-refractivity contribution in [2.75, 3.05) is 0 Å². The number of hydrogen-bond donors (Lipinski definition) is 0. The fourth-order valence-corrected chi connectivity index (χ4v) is 1.46. The first-order valence-electron chi connectivity index (χ1n) is 4.19. The number of hydrogen-bond acceptors (Lipinski definition) is 2. The first kappa shape index (κ1) is 8.52. The number of pyridine rings is 1. The van der Waals surface area contributed by atoms with Gasteiger partial charge in [-0.3, -0.25) is 9.78 Å². The second kappa shape index (κ2) is 3.35. The molecule has 68 valence electrons. The van der Waals surface area contributed by atoms with Crippen LogP contribution in [0.2, 0.25) is 0 Å². The lowest BCUT2D eigenvalue weighted by molar-refractivity contribution is 0.112. The van der Waals surface area contributed by atoms with Crippen molar-refractivity contribution in [2.24, 2.45) is 0 Å². The maximum absolute atomic E-state index is 10.7. The lowest BCUT2D eigenvalue weighted by atomic mass is 10.3. The third-order valence-corrected chi connectivity index (χ3v) is 2.05. The van der Waals surface area contributed by atoms with Crippen molar-refractivity contribution >= 4 is 17.3 Å². The zero-order valence-corrected chi connectivity index (χ0v) is 7.47. The maximum Gasteiger partial charge on any atom is 0.153 e. The summed E-state index contributed by atoms with van der Waals surface area (Å²) >= 11 is 0. The fraction of sp³-hybridized carbons (Fsp3) is 0.0909. The summed E-state index contributed by atoms with van der Waals surface area (Å²) in [6, 6.07) is 3.72. The van der Waals surface area contributed by atoms with E-state index in [1.165, 1.54) is 0 Å². The second-order valence-corrected chi connectivity index (χ2v) is 2.91. The SMILES string of the molecule is C#CCn1cc(C=O)c2ncccc21. The zero-order valence-electron chi connectivity index (χ0n) is 7.47. The van der Waals surface area contributed by atoms with Gasteiger partial charge in [-0.05, 0) is 12.1 Å². The minimum atomic E-state index is 0.454. The number of aldehydes is 1. The first-order valence-corrected chi connectivity index (χ1v) is 4.19. The van der Waals surface area contributed by atoms with Crippen LogP contribution in [0.5, 0.6) is 0 Å². The summed E-state index contributed by atoms with van der Waals surface area (Å²) < 4.78 is 1.84. The minimum absolute atomic E-state index is 0.454. The topological polar surface area (TPSA) is 34.9 Å². The van der Waals surface area contributed by atoms with Gasteiger partial charge in [0.2, 0.25) is 0 Å². The van der Waals surface area contributed by atoms with E-state index >= 15 is 0 Å². The van der Waals surface area contributed by atoms with Gasteiger partial charge in [-0.15, -0.1) is 6.42 Å². The summed E-state index contributed by atoms with van der Waals surface area (Å²) in [4.78, 5) is 14.9. The van der Waals surface area contributed by atoms with E-state index in [2.05, 4.69) is 10.9 Å². The van der Waals surface area contributed by atoms with Gasteiger partial charge in [0.15, 0.2) is 6.29 Å². The van der Waals surface area contributed by atoms with E-state index in [0.29, 0.717) is 17.6 Å². The Kier molecular flexibility index (Phi) is 2.04. The Morgan fingerprint density at radius 3 is 3.21 bits per heavy atom. The highest BCUT2D eigenvalue weighted by atomic mass is 16.1. The molecule has 0 aliphatic heterocycles. The molecule has 0 aliphatic carbocycles. The number of nitrogens with zero attached hydrogens (tertiary/aromatic N) is 2. The van der Waals surface area contributed by atoms with Crippen molar-refractivity contribution in [3.8, 4) is 12.3 Å². The van der Waals surface area contributed by atoms with Crippen LogP contribution in [0.15, 0.2) is 24.5 Å². The Morgan fingerprint density at radius 2 is 2.50 bits per heavy atom. The first-order chi connectivity index (χ1) is 6.86. The smallest absolute Gasteiger partial charge is 0.153 e. The molecule has 2 aromatic heterocycles. The van der Waals surface area contributed by atoms with E-state index in [1.54, 1.807) is 12.4 Å². The Balaban J connectivity index is 2.74. The van der Waals surface area contributed by atoms with Gasteiger partial charge in [0.25, 0.3) is 0 Å². The van der Waals surface area contributed by atoms with Crippen molar-refractivity contribution in [3.63, 3.8) is 0 Å². The van der Waals surface area contributed by atoms with Crippen molar-refractivity contribution in [1.82, 2.24) is 9.55 Å². The molecule has 0 saturated carbocycles. The molecule has 2 heterocycles. The van der Waals surface area contributed by atoms with Gasteiger partial charge >= 0.3 is 0 Å². The van der Waals surface area contributed by atoms with Crippen molar-refractivity contribution < 1.29 is 4.79 Å². The molecule has 14 heavy (non-hydrogen) atoms. The van der Waals surface area contributed by atoms with Gasteiger partial charge in [-0.25, -0.2) is 0 Å². The summed E-state index contributed by atoms with van der Waals surface area (Å²) in [7, 11) is 0. The standard InChI is InChI=1S/C11H8N2O/c1-2-6-13-7-9(8-14)11-10(13)4-3-5-12-11/h1,3-5,7-8H,6H2. The lowest BCUT2D eigenvalue weighted by Crippen LogP contribution is -1.92. The molecule has 3 heteroatoms. The van der Waals surface area contributed by atoms with Crippen LogP contribution in [-0.4, -0.2) is 15.8 Å². The fourth-order valence-electron chi connectivity index (χ4n) is 1.46. The van der Waals surface area contributed by atoms with Crippen LogP contribution in [0.4, 0.5) is 0 Å². The summed E-state index contributed by atoms with van der Waals surface area (Å²) in [6.07, 6.45) is 9.41. The highest BCUT2D eigenvalue weighted by molar-refractivity contribution is 5.94. The molecular weight excluding hydrogens is 176 g/mol. The number of fused-ring (bicyclic) bond motifs is 1. The van der Waals surface area contributed by atoms with Gasteiger partial charge in [-0.2, -0.15) is 0 Å². The van der Waals surface area contributed by atoms with Crippen molar-refractivity contribution in [3.05, 3.63) is 30.1 Å². The summed E-state index contributed by atoms with van der Waals surface area (Å²) in [6.45, 7) is 0.454. The van der Waals surface area contributed by atoms with E-state index in [-0.39, 0.29) is 0 Å². The number of carbonyl (C=O) groups is 1. The highest BCUT2D eigenvalue weighted by Crippen LogP contribution is 2.16. The van der Waals surface area contributed by atoms with E-state index in [1.807, 2.05) is 16.7 Å². The molecule has 0 unspecified atom stereocenters. The van der Waals surface area contributed by atoms with Crippen LogP contribution in [0, 0.1) is 12.3 Å². The van der Waals surface area contributed by atoms with E-state index in [9.17, 15) is 4.79 Å². The summed E-state index contributed by atoms with van der Waals surface area (Å²) in [5.74, 6) is 2.53. The third kappa shape index (κ3) is 1.17. The highest BCUT2D eigenvalue weighted by Gasteiger charge is 2.06. The molecule has 2 aromatic rings. The molecule has 0 fully saturated rings. The quantitative estimate of drug-likeness (QED) is 0.523. The number of terminal acetylenes is 1. The predicted octanol–water partition coefficient (Wildman–Crippen LogP) is 1.48. The largest absolute Gasteiger partial charge is 0.334 e. The van der Waals surface area contributed by atoms with Crippen LogP contribution in [0.25, 0.3) is 11.0 Å². The predicted molar refractivity (Wildman–Crippen MR) is 54.0 cm³/mol. The Bertz CT molecular complexity index is 520. The van der Waals surface area contributed by atoms with E-state index in [0.717, 1.165) is 11.8 Å². The number of aromatic nitrogens is 2. The Hall–Kier alpha value is -2.08. The molecule has 0 saturated heterocycles. The molecule has 0 amide bonds. The minimum Gasteiger partial charge on any atom is -0.334 e. The molecule has 0 radical (unpaired) electrons. The molecule has 0 aromatic carbocycles. The van der Waals surface area contributed by atoms with Crippen LogP contribution < -0.4 is 0 Å². The van der Waals surface area contributed by atoms with Crippen LogP contribution >= 0.6 is 0 Å². The van der Waals surface area contributed by atoms with Gasteiger partial charge in [0, 0.05) is 12.4 Å². The molecule has 3 nitrogen and oxygen atoms in total. The average molecular weight is 184 g/mol. The molecule has 0 spiro atoms. The van der Waals surface area contributed by atoms with Gasteiger partial charge in [0.1, 0.15) is 0 Å². The van der Waals surface area contributed by atoms with Crippen molar-refractivity contribution in [2.45, 2.75) is 6.54 Å². The van der Waals surface area contributed by atoms with Crippen molar-refractivity contribution in [1.29, 1.82) is 0 Å². The zero-order chi connectivity index (χ0) is 9.97. The Labute approximate surface area is 81.4 Å².